The van der Waals surface area contributed by atoms with Gasteiger partial charge in [-0.1, -0.05) is 0 Å². The van der Waals surface area contributed by atoms with Crippen LogP contribution in [0.2, 0.25) is 0 Å². The van der Waals surface area contributed by atoms with Crippen LogP contribution in [0.25, 0.3) is 0 Å². The van der Waals surface area contributed by atoms with Gasteiger partial charge in [0, 0.05) is 24.9 Å². The number of aromatic nitrogens is 2. The van der Waals surface area contributed by atoms with Gasteiger partial charge in [-0.15, -0.1) is 0 Å². The van der Waals surface area contributed by atoms with Crippen molar-refractivity contribution in [3.8, 4) is 5.75 Å². The summed E-state index contributed by atoms with van der Waals surface area (Å²) >= 11 is 0. The van der Waals surface area contributed by atoms with Crippen molar-refractivity contribution in [1.29, 1.82) is 0 Å². The summed E-state index contributed by atoms with van der Waals surface area (Å²) in [5, 5.41) is 15.1. The molecular weight excluding hydrogens is 305 g/mol. The second kappa shape index (κ2) is 6.55. The van der Waals surface area contributed by atoms with E-state index >= 15 is 0 Å². The zero-order valence-electron chi connectivity index (χ0n) is 13.0. The second-order valence-corrected chi connectivity index (χ2v) is 5.12. The number of nitrogens with zero attached hydrogens (tertiary/aromatic N) is 3. The first kappa shape index (κ1) is 16.6. The Bertz CT molecular complexity index is 770. The fourth-order valence-electron chi connectivity index (χ4n) is 2.30. The summed E-state index contributed by atoms with van der Waals surface area (Å²) in [6.07, 6.45) is 0.411. The van der Waals surface area contributed by atoms with Crippen LogP contribution in [0.3, 0.4) is 0 Å². The highest BCUT2D eigenvalue weighted by Crippen LogP contribution is 2.28. The van der Waals surface area contributed by atoms with Crippen LogP contribution in [0.5, 0.6) is 5.75 Å². The number of rotatable bonds is 5. The molecule has 122 valence electrons. The van der Waals surface area contributed by atoms with Gasteiger partial charge in [0.05, 0.1) is 17.0 Å². The highest BCUT2D eigenvalue weighted by atomic mass is 19.1. The molecule has 0 amide bonds. The Kier molecular flexibility index (Phi) is 4.73. The third-order valence-corrected chi connectivity index (χ3v) is 3.58. The quantitative estimate of drug-likeness (QED) is 0.365. The highest BCUT2D eigenvalue weighted by molar-refractivity contribution is 5.74. The third kappa shape index (κ3) is 3.71. The van der Waals surface area contributed by atoms with Crippen molar-refractivity contribution in [3.63, 3.8) is 0 Å². The number of ether oxygens (including phenoxy) is 1. The molecule has 23 heavy (non-hydrogen) atoms. The lowest BCUT2D eigenvalue weighted by Gasteiger charge is -2.06. The predicted octanol–water partition coefficient (Wildman–Crippen LogP) is 2.62. The van der Waals surface area contributed by atoms with Crippen LogP contribution in [-0.4, -0.2) is 20.7 Å². The Balaban J connectivity index is 2.08. The first-order valence-corrected chi connectivity index (χ1v) is 6.93. The molecule has 1 aromatic carbocycles. The molecule has 0 bridgehead atoms. The average molecular weight is 321 g/mol. The van der Waals surface area contributed by atoms with Gasteiger partial charge in [-0.05, 0) is 31.9 Å². The molecule has 0 aliphatic heterocycles. The van der Waals surface area contributed by atoms with Crippen LogP contribution in [0.15, 0.2) is 18.2 Å². The lowest BCUT2D eigenvalue weighted by Crippen LogP contribution is -2.11. The lowest BCUT2D eigenvalue weighted by molar-refractivity contribution is -0.385. The maximum Gasteiger partial charge on any atom is 0.311 e. The summed E-state index contributed by atoms with van der Waals surface area (Å²) in [5.74, 6) is -1.77. The minimum atomic E-state index is -0.725. The molecule has 0 unspecified atom stereocenters. The molecule has 0 N–H and O–H groups in total. The van der Waals surface area contributed by atoms with Crippen LogP contribution in [0, 0.1) is 29.8 Å². The van der Waals surface area contributed by atoms with Gasteiger partial charge in [0.2, 0.25) is 5.75 Å². The van der Waals surface area contributed by atoms with Gasteiger partial charge in [0.1, 0.15) is 5.82 Å². The molecule has 1 heterocycles. The van der Waals surface area contributed by atoms with Crippen molar-refractivity contribution < 1.29 is 18.8 Å². The number of benzene rings is 1. The van der Waals surface area contributed by atoms with Gasteiger partial charge >= 0.3 is 11.7 Å². The van der Waals surface area contributed by atoms with Crippen molar-refractivity contribution >= 4 is 11.7 Å². The fraction of sp³-hybridized carbons (Fsp3) is 0.333. The SMILES string of the molecule is Cc1nn(C)c(C)c1CCC(=O)Oc1cc(F)ccc1[N+](=O)[O-]. The van der Waals surface area contributed by atoms with E-state index in [1.807, 2.05) is 13.8 Å². The maximum absolute atomic E-state index is 13.2. The van der Waals surface area contributed by atoms with Crippen molar-refractivity contribution in [2.75, 3.05) is 0 Å². The second-order valence-electron chi connectivity index (χ2n) is 5.12. The largest absolute Gasteiger partial charge is 0.419 e. The Morgan fingerprint density at radius 1 is 1.43 bits per heavy atom. The first-order chi connectivity index (χ1) is 10.8. The Labute approximate surface area is 131 Å². The van der Waals surface area contributed by atoms with E-state index in [0.29, 0.717) is 6.42 Å². The predicted molar refractivity (Wildman–Crippen MR) is 79.7 cm³/mol. The number of aryl methyl sites for hydroxylation is 2. The molecule has 0 aliphatic rings. The standard InChI is InChI=1S/C15H16FN3O4/c1-9-12(10(2)18(3)17-9)5-7-15(20)23-14-8-11(16)4-6-13(14)19(21)22/h4,6,8H,5,7H2,1-3H3. The summed E-state index contributed by atoms with van der Waals surface area (Å²) < 4.78 is 19.9. The highest BCUT2D eigenvalue weighted by Gasteiger charge is 2.19. The van der Waals surface area contributed by atoms with Gasteiger partial charge in [0.15, 0.2) is 0 Å². The van der Waals surface area contributed by atoms with Gasteiger partial charge < -0.3 is 4.74 Å². The molecular formula is C15H16FN3O4. The number of halogens is 1. The topological polar surface area (TPSA) is 87.3 Å². The number of carbonyl (C=O) groups excluding carboxylic acids is 1. The molecule has 0 spiro atoms. The van der Waals surface area contributed by atoms with E-state index in [9.17, 15) is 19.3 Å². The summed E-state index contributed by atoms with van der Waals surface area (Å²) in [5.41, 5.74) is 2.23. The van der Waals surface area contributed by atoms with Crippen molar-refractivity contribution in [2.45, 2.75) is 26.7 Å². The normalized spacial score (nSPS) is 10.6. The molecule has 0 aliphatic carbocycles. The molecule has 2 rings (SSSR count). The van der Waals surface area contributed by atoms with Crippen LogP contribution in [-0.2, 0) is 18.3 Å². The van der Waals surface area contributed by atoms with E-state index in [2.05, 4.69) is 5.10 Å². The lowest BCUT2D eigenvalue weighted by atomic mass is 10.1. The van der Waals surface area contributed by atoms with Crippen LogP contribution in [0.1, 0.15) is 23.4 Å². The van der Waals surface area contributed by atoms with Crippen molar-refractivity contribution in [2.24, 2.45) is 7.05 Å². The zero-order valence-corrected chi connectivity index (χ0v) is 13.0. The Hall–Kier alpha value is -2.77. The van der Waals surface area contributed by atoms with Crippen LogP contribution in [0.4, 0.5) is 10.1 Å². The van der Waals surface area contributed by atoms with E-state index in [0.717, 1.165) is 35.2 Å². The fourth-order valence-corrected chi connectivity index (χ4v) is 2.30. The summed E-state index contributed by atoms with van der Waals surface area (Å²) in [4.78, 5) is 22.0. The molecule has 8 heteroatoms. The van der Waals surface area contributed by atoms with Crippen molar-refractivity contribution in [3.05, 3.63) is 51.1 Å². The number of nitro benzene ring substituents is 1. The summed E-state index contributed by atoms with van der Waals surface area (Å²) in [6, 6.07) is 2.74. The smallest absolute Gasteiger partial charge is 0.311 e. The zero-order chi connectivity index (χ0) is 17.1. The van der Waals surface area contributed by atoms with Crippen molar-refractivity contribution in [1.82, 2.24) is 9.78 Å². The maximum atomic E-state index is 13.2. The number of esters is 1. The molecule has 1 aromatic heterocycles. The monoisotopic (exact) mass is 321 g/mol. The van der Waals surface area contributed by atoms with Gasteiger partial charge in [-0.2, -0.15) is 5.10 Å². The molecule has 7 nitrogen and oxygen atoms in total. The molecule has 0 atom stereocenters. The van der Waals surface area contributed by atoms with Crippen LogP contribution < -0.4 is 4.74 Å². The van der Waals surface area contributed by atoms with E-state index in [-0.39, 0.29) is 12.2 Å². The van der Waals surface area contributed by atoms with E-state index in [1.165, 1.54) is 0 Å². The number of carbonyl (C=O) groups is 1. The number of hydrogen-bond acceptors (Lipinski definition) is 5. The molecule has 0 saturated carbocycles. The number of nitro groups is 1. The number of hydrogen-bond donors (Lipinski definition) is 0. The van der Waals surface area contributed by atoms with E-state index < -0.39 is 22.4 Å². The van der Waals surface area contributed by atoms with E-state index in [1.54, 1.807) is 11.7 Å². The van der Waals surface area contributed by atoms with Gasteiger partial charge in [-0.25, -0.2) is 4.39 Å². The summed E-state index contributed by atoms with van der Waals surface area (Å²) in [7, 11) is 1.81. The Morgan fingerprint density at radius 3 is 2.70 bits per heavy atom. The van der Waals surface area contributed by atoms with Gasteiger partial charge in [0.25, 0.3) is 0 Å². The average Bonchev–Trinajstić information content (AvgIpc) is 2.70. The third-order valence-electron chi connectivity index (χ3n) is 3.58. The minimum Gasteiger partial charge on any atom is -0.419 e. The minimum absolute atomic E-state index is 0.0149. The van der Waals surface area contributed by atoms with Gasteiger partial charge in [-0.3, -0.25) is 19.6 Å². The molecule has 0 saturated heterocycles. The molecule has 0 fully saturated rings. The molecule has 2 aromatic rings. The summed E-state index contributed by atoms with van der Waals surface area (Å²) in [6.45, 7) is 3.73. The molecule has 0 radical (unpaired) electrons. The Morgan fingerprint density at radius 2 is 2.13 bits per heavy atom. The first-order valence-electron chi connectivity index (χ1n) is 6.93. The van der Waals surface area contributed by atoms with Crippen LogP contribution >= 0.6 is 0 Å². The van der Waals surface area contributed by atoms with E-state index in [4.69, 9.17) is 4.74 Å².